The summed E-state index contributed by atoms with van der Waals surface area (Å²) in [5.74, 6) is -0.671. The highest BCUT2D eigenvalue weighted by Gasteiger charge is 2.15. The molecule has 1 N–H and O–H groups in total. The molecule has 94 valence electrons. The number of pyridine rings is 1. The van der Waals surface area contributed by atoms with Crippen molar-refractivity contribution in [1.82, 2.24) is 4.57 Å². The lowest BCUT2D eigenvalue weighted by Gasteiger charge is -2.10. The van der Waals surface area contributed by atoms with Crippen molar-refractivity contribution in [3.8, 4) is 0 Å². The van der Waals surface area contributed by atoms with E-state index >= 15 is 0 Å². The summed E-state index contributed by atoms with van der Waals surface area (Å²) >= 11 is 0. The molecule has 2 aromatic rings. The van der Waals surface area contributed by atoms with Gasteiger partial charge in [0.05, 0.1) is 12.1 Å². The molecular formula is C13H13NO4. The number of nitrogens with zero attached hydrogens (tertiary/aromatic N) is 1. The number of aliphatic hydroxyl groups is 1. The smallest absolute Gasteiger partial charge is 0.343 e. The fourth-order valence-corrected chi connectivity index (χ4v) is 1.82. The SMILES string of the molecule is CCOC(=O)c1cn(CO)c2ccccc2c1=O. The normalized spacial score (nSPS) is 10.6. The average molecular weight is 247 g/mol. The molecule has 5 nitrogen and oxygen atoms in total. The van der Waals surface area contributed by atoms with E-state index in [4.69, 9.17) is 4.74 Å². The topological polar surface area (TPSA) is 68.5 Å². The van der Waals surface area contributed by atoms with Crippen molar-refractivity contribution in [2.75, 3.05) is 6.61 Å². The molecule has 0 spiro atoms. The highest BCUT2D eigenvalue weighted by molar-refractivity contribution is 5.93. The molecule has 1 aromatic heterocycles. The van der Waals surface area contributed by atoms with E-state index in [1.54, 1.807) is 31.2 Å². The van der Waals surface area contributed by atoms with E-state index < -0.39 is 5.97 Å². The molecule has 18 heavy (non-hydrogen) atoms. The number of hydrogen-bond donors (Lipinski definition) is 1. The van der Waals surface area contributed by atoms with Gasteiger partial charge >= 0.3 is 5.97 Å². The summed E-state index contributed by atoms with van der Waals surface area (Å²) in [6, 6.07) is 6.80. The maximum Gasteiger partial charge on any atom is 0.343 e. The molecule has 0 bridgehead atoms. The van der Waals surface area contributed by atoms with E-state index in [9.17, 15) is 14.7 Å². The van der Waals surface area contributed by atoms with Gasteiger partial charge in [0, 0.05) is 11.6 Å². The van der Waals surface area contributed by atoms with Gasteiger partial charge in [-0.15, -0.1) is 0 Å². The van der Waals surface area contributed by atoms with E-state index in [1.807, 2.05) is 0 Å². The minimum absolute atomic E-state index is 0.0652. The van der Waals surface area contributed by atoms with Gasteiger partial charge in [-0.3, -0.25) is 4.79 Å². The molecule has 1 heterocycles. The van der Waals surface area contributed by atoms with Crippen molar-refractivity contribution >= 4 is 16.9 Å². The fraction of sp³-hybridized carbons (Fsp3) is 0.231. The zero-order valence-electron chi connectivity index (χ0n) is 9.92. The Morgan fingerprint density at radius 3 is 2.78 bits per heavy atom. The molecule has 5 heteroatoms. The third-order valence-electron chi connectivity index (χ3n) is 2.64. The summed E-state index contributed by atoms with van der Waals surface area (Å²) in [6.07, 6.45) is 1.32. The van der Waals surface area contributed by atoms with Gasteiger partial charge in [0.15, 0.2) is 0 Å². The molecule has 0 aliphatic heterocycles. The van der Waals surface area contributed by atoms with Crippen LogP contribution >= 0.6 is 0 Å². The largest absolute Gasteiger partial charge is 0.462 e. The number of aliphatic hydroxyl groups excluding tert-OH is 1. The Morgan fingerprint density at radius 1 is 1.39 bits per heavy atom. The molecule has 0 atom stereocenters. The van der Waals surface area contributed by atoms with Gasteiger partial charge in [-0.05, 0) is 19.1 Å². The molecule has 0 unspecified atom stereocenters. The summed E-state index contributed by atoms with van der Waals surface area (Å²) in [4.78, 5) is 23.8. The number of carbonyl (C=O) groups excluding carboxylic acids is 1. The van der Waals surface area contributed by atoms with Gasteiger partial charge in [0.1, 0.15) is 12.3 Å². The Kier molecular flexibility index (Phi) is 3.43. The van der Waals surface area contributed by atoms with Crippen LogP contribution in [-0.2, 0) is 11.5 Å². The molecular weight excluding hydrogens is 234 g/mol. The van der Waals surface area contributed by atoms with Crippen molar-refractivity contribution < 1.29 is 14.6 Å². The van der Waals surface area contributed by atoms with E-state index in [0.717, 1.165) is 0 Å². The fourth-order valence-electron chi connectivity index (χ4n) is 1.82. The van der Waals surface area contributed by atoms with Crippen molar-refractivity contribution in [1.29, 1.82) is 0 Å². The lowest BCUT2D eigenvalue weighted by Crippen LogP contribution is -2.20. The van der Waals surface area contributed by atoms with Crippen LogP contribution in [0.15, 0.2) is 35.3 Å². The maximum atomic E-state index is 12.1. The van der Waals surface area contributed by atoms with Crippen LogP contribution in [0.5, 0.6) is 0 Å². The molecule has 0 saturated carbocycles. The number of esters is 1. The Hall–Kier alpha value is -2.14. The summed E-state index contributed by atoms with van der Waals surface area (Å²) in [5, 5.41) is 9.66. The first kappa shape index (κ1) is 12.3. The molecule has 0 saturated heterocycles. The monoisotopic (exact) mass is 247 g/mol. The van der Waals surface area contributed by atoms with Gasteiger partial charge in [-0.1, -0.05) is 12.1 Å². The minimum atomic E-state index is -0.671. The lowest BCUT2D eigenvalue weighted by molar-refractivity contribution is 0.0523. The second kappa shape index (κ2) is 5.01. The Bertz CT molecular complexity index is 645. The lowest BCUT2D eigenvalue weighted by atomic mass is 10.1. The zero-order valence-corrected chi connectivity index (χ0v) is 9.92. The average Bonchev–Trinajstić information content (AvgIpc) is 2.40. The number of hydrogen-bond acceptors (Lipinski definition) is 4. The highest BCUT2D eigenvalue weighted by Crippen LogP contribution is 2.11. The first-order chi connectivity index (χ1) is 8.69. The Morgan fingerprint density at radius 2 is 2.11 bits per heavy atom. The maximum absolute atomic E-state index is 12.1. The van der Waals surface area contributed by atoms with Crippen molar-refractivity contribution in [2.45, 2.75) is 13.7 Å². The van der Waals surface area contributed by atoms with Crippen LogP contribution in [0.1, 0.15) is 17.3 Å². The van der Waals surface area contributed by atoms with Crippen LogP contribution in [0.25, 0.3) is 10.9 Å². The molecule has 2 rings (SSSR count). The van der Waals surface area contributed by atoms with Crippen LogP contribution in [-0.4, -0.2) is 22.2 Å². The zero-order chi connectivity index (χ0) is 13.1. The highest BCUT2D eigenvalue weighted by atomic mass is 16.5. The summed E-state index contributed by atoms with van der Waals surface area (Å²) in [5.41, 5.74) is 0.136. The summed E-state index contributed by atoms with van der Waals surface area (Å²) < 4.78 is 6.26. The Balaban J connectivity index is 2.73. The second-order valence-electron chi connectivity index (χ2n) is 3.72. The van der Waals surface area contributed by atoms with Gasteiger partial charge in [-0.2, -0.15) is 0 Å². The van der Waals surface area contributed by atoms with Crippen LogP contribution in [0.2, 0.25) is 0 Å². The molecule has 0 radical (unpaired) electrons. The van der Waals surface area contributed by atoms with E-state index in [2.05, 4.69) is 0 Å². The third-order valence-corrected chi connectivity index (χ3v) is 2.64. The van der Waals surface area contributed by atoms with Crippen LogP contribution in [0.3, 0.4) is 0 Å². The number of ether oxygens (including phenoxy) is 1. The Labute approximate surface area is 103 Å². The second-order valence-corrected chi connectivity index (χ2v) is 3.72. The number of fused-ring (bicyclic) bond motifs is 1. The van der Waals surface area contributed by atoms with Crippen molar-refractivity contribution in [3.63, 3.8) is 0 Å². The van der Waals surface area contributed by atoms with Gasteiger partial charge < -0.3 is 14.4 Å². The third kappa shape index (κ3) is 2.00. The first-order valence-corrected chi connectivity index (χ1v) is 5.59. The van der Waals surface area contributed by atoms with Gasteiger partial charge in [0.25, 0.3) is 0 Å². The number of para-hydroxylation sites is 1. The predicted molar refractivity (Wildman–Crippen MR) is 66.4 cm³/mol. The predicted octanol–water partition coefficient (Wildman–Crippen LogP) is 1.13. The summed E-state index contributed by atoms with van der Waals surface area (Å²) in [6.45, 7) is 1.56. The van der Waals surface area contributed by atoms with Crippen LogP contribution < -0.4 is 5.43 Å². The van der Waals surface area contributed by atoms with E-state index in [1.165, 1.54) is 10.8 Å². The molecule has 0 aliphatic rings. The number of aromatic nitrogens is 1. The molecule has 0 amide bonds. The van der Waals surface area contributed by atoms with Gasteiger partial charge in [-0.25, -0.2) is 4.79 Å². The van der Waals surface area contributed by atoms with Crippen LogP contribution in [0.4, 0.5) is 0 Å². The van der Waals surface area contributed by atoms with Gasteiger partial charge in [0.2, 0.25) is 5.43 Å². The molecule has 0 fully saturated rings. The molecule has 0 aliphatic carbocycles. The van der Waals surface area contributed by atoms with E-state index in [-0.39, 0.29) is 24.3 Å². The standard InChI is InChI=1S/C13H13NO4/c1-2-18-13(17)10-7-14(8-15)11-6-4-3-5-9(11)12(10)16/h3-7,15H,2,8H2,1H3. The quantitative estimate of drug-likeness (QED) is 0.825. The number of rotatable bonds is 3. The number of benzene rings is 1. The first-order valence-electron chi connectivity index (χ1n) is 5.59. The molecule has 1 aromatic carbocycles. The van der Waals surface area contributed by atoms with E-state index in [0.29, 0.717) is 10.9 Å². The number of carbonyl (C=O) groups is 1. The summed E-state index contributed by atoms with van der Waals surface area (Å²) in [7, 11) is 0. The van der Waals surface area contributed by atoms with Crippen molar-refractivity contribution in [2.24, 2.45) is 0 Å². The van der Waals surface area contributed by atoms with Crippen LogP contribution in [0, 0.1) is 0 Å². The minimum Gasteiger partial charge on any atom is -0.462 e. The van der Waals surface area contributed by atoms with Crippen molar-refractivity contribution in [3.05, 3.63) is 46.2 Å².